The van der Waals surface area contributed by atoms with Crippen LogP contribution in [-0.2, 0) is 21.4 Å². The van der Waals surface area contributed by atoms with Crippen molar-refractivity contribution in [3.8, 4) is 5.75 Å². The molecule has 4 rings (SSSR count). The summed E-state index contributed by atoms with van der Waals surface area (Å²) >= 11 is 0. The number of para-hydroxylation sites is 1. The first-order chi connectivity index (χ1) is 16.6. The van der Waals surface area contributed by atoms with Gasteiger partial charge in [-0.05, 0) is 61.4 Å². The van der Waals surface area contributed by atoms with Gasteiger partial charge in [0.05, 0.1) is 18.6 Å². The number of fused-ring (bicyclic) bond motifs is 1. The fraction of sp³-hybridized carbons (Fsp3) is 0.231. The van der Waals surface area contributed by atoms with E-state index in [1.807, 2.05) is 26.0 Å². The maximum absolute atomic E-state index is 13.7. The molecule has 1 N–H and O–H groups in total. The summed E-state index contributed by atoms with van der Waals surface area (Å²) in [5.74, 6) is -1.25. The number of hydrogen-bond donors (Lipinski definition) is 1. The van der Waals surface area contributed by atoms with E-state index in [1.54, 1.807) is 30.3 Å². The molecule has 1 unspecified atom stereocenters. The number of aliphatic carboxylic acids is 1. The summed E-state index contributed by atoms with van der Waals surface area (Å²) in [7, 11) is -2.75. The fourth-order valence-electron chi connectivity index (χ4n) is 4.28. The second-order valence-corrected chi connectivity index (χ2v) is 10.3. The number of carboxylic acids is 1. The van der Waals surface area contributed by atoms with Crippen molar-refractivity contribution >= 4 is 27.6 Å². The number of ether oxygens (including phenoxy) is 1. The first-order valence-corrected chi connectivity index (χ1v) is 12.4. The SMILES string of the molecule is COc1ccc(S(=O)(=O)N2Cc3ccccc3N(C(=O)c3ccc(C)cc3C)CC2C(=O)O)cc1. The van der Waals surface area contributed by atoms with Gasteiger partial charge in [0.15, 0.2) is 0 Å². The average molecular weight is 495 g/mol. The van der Waals surface area contributed by atoms with Crippen LogP contribution in [0.25, 0.3) is 0 Å². The number of carbonyl (C=O) groups is 2. The van der Waals surface area contributed by atoms with Crippen LogP contribution in [0.2, 0.25) is 0 Å². The van der Waals surface area contributed by atoms with E-state index in [4.69, 9.17) is 4.74 Å². The Kier molecular flexibility index (Phi) is 6.64. The number of hydrogen-bond acceptors (Lipinski definition) is 5. The third-order valence-corrected chi connectivity index (χ3v) is 7.99. The Morgan fingerprint density at radius 3 is 2.31 bits per heavy atom. The number of nitrogens with zero attached hydrogens (tertiary/aromatic N) is 2. The average Bonchev–Trinajstić information content (AvgIpc) is 3.02. The van der Waals surface area contributed by atoms with Crippen LogP contribution >= 0.6 is 0 Å². The molecule has 0 bridgehead atoms. The van der Waals surface area contributed by atoms with Crippen molar-refractivity contribution in [1.82, 2.24) is 4.31 Å². The zero-order chi connectivity index (χ0) is 25.3. The third-order valence-electron chi connectivity index (χ3n) is 6.12. The van der Waals surface area contributed by atoms with Gasteiger partial charge in [-0.15, -0.1) is 0 Å². The number of sulfonamides is 1. The van der Waals surface area contributed by atoms with Crippen molar-refractivity contribution in [2.24, 2.45) is 0 Å². The van der Waals surface area contributed by atoms with Crippen LogP contribution in [0.5, 0.6) is 5.75 Å². The monoisotopic (exact) mass is 494 g/mol. The summed E-state index contributed by atoms with van der Waals surface area (Å²) in [6, 6.07) is 16.6. The molecule has 3 aromatic carbocycles. The third kappa shape index (κ3) is 4.65. The van der Waals surface area contributed by atoms with Crippen LogP contribution in [0.15, 0.2) is 71.6 Å². The molecule has 0 saturated carbocycles. The van der Waals surface area contributed by atoms with Gasteiger partial charge in [0.1, 0.15) is 11.8 Å². The summed E-state index contributed by atoms with van der Waals surface area (Å²) in [4.78, 5) is 27.4. The summed E-state index contributed by atoms with van der Waals surface area (Å²) in [5, 5.41) is 10.1. The molecule has 1 heterocycles. The smallest absolute Gasteiger partial charge is 0.323 e. The summed E-state index contributed by atoms with van der Waals surface area (Å²) in [5.41, 5.74) is 3.20. The van der Waals surface area contributed by atoms with E-state index < -0.39 is 22.0 Å². The van der Waals surface area contributed by atoms with Gasteiger partial charge >= 0.3 is 5.97 Å². The van der Waals surface area contributed by atoms with Gasteiger partial charge in [0, 0.05) is 17.8 Å². The van der Waals surface area contributed by atoms with E-state index in [0.29, 0.717) is 22.6 Å². The lowest BCUT2D eigenvalue weighted by Gasteiger charge is -2.28. The summed E-state index contributed by atoms with van der Waals surface area (Å²) in [6.07, 6.45) is 0. The molecule has 1 atom stereocenters. The van der Waals surface area contributed by atoms with Gasteiger partial charge in [-0.1, -0.05) is 35.9 Å². The van der Waals surface area contributed by atoms with Gasteiger partial charge in [-0.3, -0.25) is 9.59 Å². The molecular formula is C26H26N2O6S. The molecule has 8 nitrogen and oxygen atoms in total. The first kappa shape index (κ1) is 24.4. The molecule has 9 heteroatoms. The van der Waals surface area contributed by atoms with Crippen LogP contribution in [0.1, 0.15) is 27.0 Å². The highest BCUT2D eigenvalue weighted by Crippen LogP contribution is 2.33. The second-order valence-electron chi connectivity index (χ2n) is 8.44. The number of benzene rings is 3. The van der Waals surface area contributed by atoms with Crippen molar-refractivity contribution in [2.45, 2.75) is 31.3 Å². The highest BCUT2D eigenvalue weighted by molar-refractivity contribution is 7.89. The van der Waals surface area contributed by atoms with Crippen LogP contribution in [0.4, 0.5) is 5.69 Å². The molecule has 1 aliphatic heterocycles. The Labute approximate surface area is 204 Å². The molecule has 0 saturated heterocycles. The molecule has 3 aromatic rings. The minimum absolute atomic E-state index is 0.0591. The van der Waals surface area contributed by atoms with Crippen molar-refractivity contribution in [3.05, 3.63) is 89.0 Å². The van der Waals surface area contributed by atoms with E-state index >= 15 is 0 Å². The highest BCUT2D eigenvalue weighted by Gasteiger charge is 2.41. The van der Waals surface area contributed by atoms with E-state index in [9.17, 15) is 23.1 Å². The minimum atomic E-state index is -4.22. The van der Waals surface area contributed by atoms with Gasteiger partial charge in [-0.25, -0.2) is 8.42 Å². The molecule has 0 aliphatic carbocycles. The molecule has 0 fully saturated rings. The largest absolute Gasteiger partial charge is 0.497 e. The molecule has 0 radical (unpaired) electrons. The van der Waals surface area contributed by atoms with Gasteiger partial charge in [0.25, 0.3) is 5.91 Å². The fourth-order valence-corrected chi connectivity index (χ4v) is 5.83. The predicted molar refractivity (Wildman–Crippen MR) is 131 cm³/mol. The van der Waals surface area contributed by atoms with Crippen LogP contribution in [0.3, 0.4) is 0 Å². The zero-order valence-corrected chi connectivity index (χ0v) is 20.5. The highest BCUT2D eigenvalue weighted by atomic mass is 32.2. The lowest BCUT2D eigenvalue weighted by Crippen LogP contribution is -2.50. The Hall–Kier alpha value is -3.69. The van der Waals surface area contributed by atoms with Crippen LogP contribution in [-0.4, -0.2) is 49.4 Å². The Morgan fingerprint density at radius 1 is 1.00 bits per heavy atom. The van der Waals surface area contributed by atoms with Crippen molar-refractivity contribution in [2.75, 3.05) is 18.6 Å². The molecule has 182 valence electrons. The van der Waals surface area contributed by atoms with Gasteiger partial charge < -0.3 is 14.7 Å². The maximum Gasteiger partial charge on any atom is 0.323 e. The van der Waals surface area contributed by atoms with E-state index in [2.05, 4.69) is 0 Å². The Morgan fingerprint density at radius 2 is 1.69 bits per heavy atom. The number of carbonyl (C=O) groups excluding carboxylic acids is 1. The van der Waals surface area contributed by atoms with E-state index in [-0.39, 0.29) is 23.9 Å². The van der Waals surface area contributed by atoms with Crippen molar-refractivity contribution < 1.29 is 27.9 Å². The Bertz CT molecular complexity index is 1390. The number of rotatable bonds is 5. The standard InChI is InChI=1S/C26H26N2O6S/c1-17-8-13-22(18(2)14-17)25(29)27-16-24(26(30)31)28(15-19-6-4-5-7-23(19)27)35(32,33)21-11-9-20(34-3)10-12-21/h4-14,24H,15-16H2,1-3H3,(H,30,31). The van der Waals surface area contributed by atoms with Crippen molar-refractivity contribution in [3.63, 3.8) is 0 Å². The normalized spacial score (nSPS) is 16.3. The second kappa shape index (κ2) is 9.52. The van der Waals surface area contributed by atoms with E-state index in [1.165, 1.54) is 36.3 Å². The minimum Gasteiger partial charge on any atom is -0.497 e. The topological polar surface area (TPSA) is 104 Å². The summed E-state index contributed by atoms with van der Waals surface area (Å²) < 4.78 is 33.3. The van der Waals surface area contributed by atoms with Crippen LogP contribution in [0, 0.1) is 13.8 Å². The van der Waals surface area contributed by atoms with Gasteiger partial charge in [-0.2, -0.15) is 4.31 Å². The molecule has 0 aromatic heterocycles. The number of methoxy groups -OCH3 is 1. The lowest BCUT2D eigenvalue weighted by atomic mass is 10.0. The number of carboxylic acid groups (broad SMARTS) is 1. The van der Waals surface area contributed by atoms with Gasteiger partial charge in [0.2, 0.25) is 10.0 Å². The molecule has 0 spiro atoms. The number of aryl methyl sites for hydroxylation is 2. The molecule has 1 aliphatic rings. The number of anilines is 1. The quantitative estimate of drug-likeness (QED) is 0.581. The van der Waals surface area contributed by atoms with Crippen LogP contribution < -0.4 is 9.64 Å². The summed E-state index contributed by atoms with van der Waals surface area (Å²) in [6.45, 7) is 3.20. The molecule has 35 heavy (non-hydrogen) atoms. The number of amides is 1. The van der Waals surface area contributed by atoms with E-state index in [0.717, 1.165) is 15.4 Å². The zero-order valence-electron chi connectivity index (χ0n) is 19.6. The molecular weight excluding hydrogens is 468 g/mol. The Balaban J connectivity index is 1.82. The molecule has 1 amide bonds. The lowest BCUT2D eigenvalue weighted by molar-refractivity contribution is -0.141. The van der Waals surface area contributed by atoms with Crippen molar-refractivity contribution in [1.29, 1.82) is 0 Å². The predicted octanol–water partition coefficient (Wildman–Crippen LogP) is 3.62. The maximum atomic E-state index is 13.7. The first-order valence-electron chi connectivity index (χ1n) is 11.0.